The van der Waals surface area contributed by atoms with E-state index in [0.717, 1.165) is 19.2 Å². The molecule has 1 atom stereocenters. The van der Waals surface area contributed by atoms with Crippen molar-refractivity contribution in [1.82, 2.24) is 15.0 Å². The van der Waals surface area contributed by atoms with Crippen LogP contribution < -0.4 is 0 Å². The molecular weight excluding hydrogens is 327 g/mol. The highest BCUT2D eigenvalue weighted by Gasteiger charge is 2.29. The maximum Gasteiger partial charge on any atom is 0.327 e. The van der Waals surface area contributed by atoms with Gasteiger partial charge in [-0.15, -0.1) is 0 Å². The summed E-state index contributed by atoms with van der Waals surface area (Å²) in [6.45, 7) is 1.90. The van der Waals surface area contributed by atoms with Crippen molar-refractivity contribution in [2.75, 3.05) is 14.2 Å². The third-order valence-corrected chi connectivity index (χ3v) is 3.39. The molecule has 0 saturated heterocycles. The molecule has 0 radical (unpaired) electrons. The normalized spacial score (nSPS) is 12.5. The van der Waals surface area contributed by atoms with Gasteiger partial charge in [-0.25, -0.2) is 18.0 Å². The Morgan fingerprint density at radius 1 is 1.33 bits per heavy atom. The summed E-state index contributed by atoms with van der Waals surface area (Å²) in [5, 5.41) is 3.75. The van der Waals surface area contributed by atoms with E-state index in [9.17, 15) is 18.0 Å². The molecule has 6 nitrogen and oxygen atoms in total. The Morgan fingerprint density at radius 3 is 2.46 bits per heavy atom. The Balaban J connectivity index is 2.32. The lowest BCUT2D eigenvalue weighted by molar-refractivity contribution is -0.147. The summed E-state index contributed by atoms with van der Waals surface area (Å²) >= 11 is 0. The van der Waals surface area contributed by atoms with Gasteiger partial charge in [0.05, 0.1) is 13.7 Å². The quantitative estimate of drug-likeness (QED) is 0.593. The van der Waals surface area contributed by atoms with Crippen molar-refractivity contribution in [3.63, 3.8) is 0 Å². The fraction of sp³-hybridized carbons (Fsp3) is 0.400. The largest absolute Gasteiger partial charge is 0.468 e. The highest BCUT2D eigenvalue weighted by atomic mass is 19.2. The van der Waals surface area contributed by atoms with Crippen LogP contribution in [-0.4, -0.2) is 35.2 Å². The Morgan fingerprint density at radius 2 is 1.96 bits per heavy atom. The number of ether oxygens (including phenoxy) is 1. The van der Waals surface area contributed by atoms with E-state index < -0.39 is 29.5 Å². The second-order valence-corrected chi connectivity index (χ2v) is 5.10. The van der Waals surface area contributed by atoms with Crippen LogP contribution in [0.2, 0.25) is 0 Å². The van der Waals surface area contributed by atoms with Crippen LogP contribution in [0.25, 0.3) is 0 Å². The summed E-state index contributed by atoms with van der Waals surface area (Å²) in [5.74, 6) is -4.42. The summed E-state index contributed by atoms with van der Waals surface area (Å²) in [4.78, 5) is 17.6. The maximum atomic E-state index is 13.5. The Labute approximate surface area is 136 Å². The first-order valence-corrected chi connectivity index (χ1v) is 7.11. The number of aromatic nitrogens is 2. The second-order valence-electron chi connectivity index (χ2n) is 5.10. The van der Waals surface area contributed by atoms with Gasteiger partial charge in [0.25, 0.3) is 0 Å². The van der Waals surface area contributed by atoms with E-state index in [0.29, 0.717) is 18.1 Å². The van der Waals surface area contributed by atoms with Crippen LogP contribution in [0.1, 0.15) is 30.2 Å². The van der Waals surface area contributed by atoms with Crippen LogP contribution in [0, 0.1) is 17.5 Å². The highest BCUT2D eigenvalue weighted by molar-refractivity contribution is 5.77. The predicted molar refractivity (Wildman–Crippen MR) is 76.2 cm³/mol. The van der Waals surface area contributed by atoms with Gasteiger partial charge in [0.1, 0.15) is 6.04 Å². The van der Waals surface area contributed by atoms with E-state index in [2.05, 4.69) is 14.9 Å². The van der Waals surface area contributed by atoms with E-state index >= 15 is 0 Å². The van der Waals surface area contributed by atoms with Crippen molar-refractivity contribution in [1.29, 1.82) is 0 Å². The zero-order chi connectivity index (χ0) is 17.9. The zero-order valence-electron chi connectivity index (χ0n) is 13.3. The topological polar surface area (TPSA) is 68.5 Å². The molecule has 0 N–H and O–H groups in total. The molecule has 130 valence electrons. The average molecular weight is 343 g/mol. The van der Waals surface area contributed by atoms with Crippen molar-refractivity contribution < 1.29 is 27.2 Å². The molecule has 2 aromatic rings. The van der Waals surface area contributed by atoms with Gasteiger partial charge >= 0.3 is 5.97 Å². The molecule has 0 aliphatic rings. The molecule has 0 amide bonds. The van der Waals surface area contributed by atoms with E-state index in [-0.39, 0.29) is 12.1 Å². The lowest BCUT2D eigenvalue weighted by Gasteiger charge is -2.25. The predicted octanol–water partition coefficient (Wildman–Crippen LogP) is 2.40. The summed E-state index contributed by atoms with van der Waals surface area (Å²) in [5.41, 5.74) is -0.0834. The van der Waals surface area contributed by atoms with Gasteiger partial charge in [0.15, 0.2) is 23.3 Å². The van der Waals surface area contributed by atoms with Crippen LogP contribution in [0.15, 0.2) is 16.7 Å². The Kier molecular flexibility index (Phi) is 5.55. The molecule has 0 aliphatic heterocycles. The van der Waals surface area contributed by atoms with Crippen LogP contribution in [-0.2, 0) is 22.5 Å². The van der Waals surface area contributed by atoms with Gasteiger partial charge in [-0.1, -0.05) is 12.1 Å². The summed E-state index contributed by atoms with van der Waals surface area (Å²) in [6, 6.07) is 0.345. The number of esters is 1. The van der Waals surface area contributed by atoms with Gasteiger partial charge < -0.3 is 9.26 Å². The van der Waals surface area contributed by atoms with E-state index in [1.54, 1.807) is 0 Å². The number of benzene rings is 1. The molecule has 0 fully saturated rings. The summed E-state index contributed by atoms with van der Waals surface area (Å²) < 4.78 is 49.7. The first kappa shape index (κ1) is 17.9. The third kappa shape index (κ3) is 3.73. The number of hydrogen-bond acceptors (Lipinski definition) is 6. The van der Waals surface area contributed by atoms with Gasteiger partial charge in [-0.3, -0.25) is 4.90 Å². The SMILES string of the molecule is CCc1nc(CN(C)C(C(=O)OC)c2cc(F)c(F)c(F)c2)no1. The fourth-order valence-corrected chi connectivity index (χ4v) is 2.23. The molecule has 1 unspecified atom stereocenters. The molecule has 1 heterocycles. The minimum absolute atomic E-state index is 0.0594. The Hall–Kier alpha value is -2.42. The Bertz CT molecular complexity index is 713. The molecule has 1 aromatic carbocycles. The first-order valence-electron chi connectivity index (χ1n) is 7.11. The fourth-order valence-electron chi connectivity index (χ4n) is 2.23. The number of nitrogens with zero attached hydrogens (tertiary/aromatic N) is 3. The van der Waals surface area contributed by atoms with Gasteiger partial charge in [-0.05, 0) is 24.7 Å². The number of methoxy groups -OCH3 is 1. The number of likely N-dealkylation sites (N-methyl/N-ethyl adjacent to an activating group) is 1. The van der Waals surface area contributed by atoms with Crippen LogP contribution >= 0.6 is 0 Å². The second kappa shape index (κ2) is 7.43. The minimum atomic E-state index is -1.60. The molecular formula is C15H16F3N3O3. The monoisotopic (exact) mass is 343 g/mol. The van der Waals surface area contributed by atoms with Crippen molar-refractivity contribution in [2.45, 2.75) is 25.9 Å². The first-order chi connectivity index (χ1) is 11.4. The van der Waals surface area contributed by atoms with E-state index in [1.165, 1.54) is 11.9 Å². The van der Waals surface area contributed by atoms with Crippen molar-refractivity contribution in [3.8, 4) is 0 Å². The zero-order valence-corrected chi connectivity index (χ0v) is 13.3. The molecule has 2 rings (SSSR count). The molecule has 0 spiro atoms. The van der Waals surface area contributed by atoms with Crippen LogP contribution in [0.5, 0.6) is 0 Å². The van der Waals surface area contributed by atoms with Gasteiger partial charge in [0.2, 0.25) is 5.89 Å². The van der Waals surface area contributed by atoms with E-state index in [4.69, 9.17) is 4.52 Å². The van der Waals surface area contributed by atoms with Crippen molar-refractivity contribution in [2.24, 2.45) is 0 Å². The maximum absolute atomic E-state index is 13.5. The highest BCUT2D eigenvalue weighted by Crippen LogP contribution is 2.25. The summed E-state index contributed by atoms with van der Waals surface area (Å²) in [7, 11) is 2.66. The van der Waals surface area contributed by atoms with E-state index in [1.807, 2.05) is 6.92 Å². The summed E-state index contributed by atoms with van der Waals surface area (Å²) in [6.07, 6.45) is 0.547. The minimum Gasteiger partial charge on any atom is -0.468 e. The standard InChI is InChI=1S/C15H16F3N3O3/c1-4-12-19-11(20-24-12)7-21(2)14(15(22)23-3)8-5-9(16)13(18)10(17)6-8/h5-6,14H,4,7H2,1-3H3. The van der Waals surface area contributed by atoms with Crippen LogP contribution in [0.3, 0.4) is 0 Å². The van der Waals surface area contributed by atoms with Crippen molar-refractivity contribution in [3.05, 3.63) is 46.9 Å². The van der Waals surface area contributed by atoms with Crippen molar-refractivity contribution >= 4 is 5.97 Å². The van der Waals surface area contributed by atoms with Gasteiger partial charge in [-0.2, -0.15) is 4.98 Å². The smallest absolute Gasteiger partial charge is 0.327 e. The van der Waals surface area contributed by atoms with Crippen LogP contribution in [0.4, 0.5) is 13.2 Å². The molecule has 9 heteroatoms. The molecule has 0 aliphatic carbocycles. The number of aryl methyl sites for hydroxylation is 1. The number of halogens is 3. The lowest BCUT2D eigenvalue weighted by atomic mass is 10.0. The number of carbonyl (C=O) groups is 1. The third-order valence-electron chi connectivity index (χ3n) is 3.39. The lowest BCUT2D eigenvalue weighted by Crippen LogP contribution is -2.32. The van der Waals surface area contributed by atoms with Gasteiger partial charge in [0, 0.05) is 6.42 Å². The number of rotatable bonds is 6. The molecule has 0 bridgehead atoms. The molecule has 1 aromatic heterocycles. The molecule has 24 heavy (non-hydrogen) atoms. The number of hydrogen-bond donors (Lipinski definition) is 0. The average Bonchev–Trinajstić information content (AvgIpc) is 3.00. The number of carbonyl (C=O) groups excluding carboxylic acids is 1. The molecule has 0 saturated carbocycles.